The van der Waals surface area contributed by atoms with E-state index in [2.05, 4.69) is 23.8 Å². The first-order valence-corrected chi connectivity index (χ1v) is 7.03. The highest BCUT2D eigenvalue weighted by atomic mass is 15.1. The lowest BCUT2D eigenvalue weighted by molar-refractivity contribution is 0.504. The zero-order valence-corrected chi connectivity index (χ0v) is 11.9. The minimum absolute atomic E-state index is 0.0304. The second-order valence-corrected chi connectivity index (χ2v) is 4.67. The van der Waals surface area contributed by atoms with Crippen LogP contribution in [0.15, 0.2) is 9.98 Å². The number of hydrogen-bond acceptors (Lipinski definition) is 1. The number of nitrogens with two attached hydrogens (primary N) is 3. The first-order chi connectivity index (χ1) is 8.60. The minimum atomic E-state index is -0.0304. The Balaban J connectivity index is 4.30. The van der Waals surface area contributed by atoms with E-state index in [-0.39, 0.29) is 18.0 Å². The Morgan fingerprint density at radius 2 is 1.39 bits per heavy atom. The highest BCUT2D eigenvalue weighted by molar-refractivity contribution is 5.92. The molecular formula is C13H29N5. The van der Waals surface area contributed by atoms with Crippen molar-refractivity contribution in [2.75, 3.05) is 0 Å². The molecule has 18 heavy (non-hydrogen) atoms. The highest BCUT2D eigenvalue weighted by Gasteiger charge is 2.07. The van der Waals surface area contributed by atoms with Crippen molar-refractivity contribution in [1.82, 2.24) is 0 Å². The average Bonchev–Trinajstić information content (AvgIpc) is 2.28. The third-order valence-corrected chi connectivity index (χ3v) is 2.84. The molecule has 106 valence electrons. The van der Waals surface area contributed by atoms with Crippen molar-refractivity contribution in [2.45, 2.75) is 71.3 Å². The van der Waals surface area contributed by atoms with Crippen molar-refractivity contribution >= 4 is 11.9 Å². The Morgan fingerprint density at radius 3 is 1.78 bits per heavy atom. The lowest BCUT2D eigenvalue weighted by atomic mass is 10.0. The molecule has 0 amide bonds. The van der Waals surface area contributed by atoms with Crippen molar-refractivity contribution in [1.29, 1.82) is 0 Å². The molecule has 0 aliphatic carbocycles. The summed E-state index contributed by atoms with van der Waals surface area (Å²) < 4.78 is 0. The van der Waals surface area contributed by atoms with Gasteiger partial charge in [0, 0.05) is 0 Å². The third kappa shape index (κ3) is 9.93. The van der Waals surface area contributed by atoms with E-state index in [1.165, 1.54) is 38.5 Å². The molecule has 0 saturated heterocycles. The summed E-state index contributed by atoms with van der Waals surface area (Å²) in [4.78, 5) is 8.18. The highest BCUT2D eigenvalue weighted by Crippen LogP contribution is 2.14. The quantitative estimate of drug-likeness (QED) is 0.334. The molecule has 0 unspecified atom stereocenters. The molecule has 0 radical (unpaired) electrons. The minimum Gasteiger partial charge on any atom is -0.370 e. The van der Waals surface area contributed by atoms with Gasteiger partial charge in [-0.3, -0.25) is 0 Å². The van der Waals surface area contributed by atoms with Crippen LogP contribution < -0.4 is 17.2 Å². The van der Waals surface area contributed by atoms with Crippen molar-refractivity contribution in [3.8, 4) is 0 Å². The summed E-state index contributed by atoms with van der Waals surface area (Å²) >= 11 is 0. The first-order valence-electron chi connectivity index (χ1n) is 7.03. The van der Waals surface area contributed by atoms with Crippen LogP contribution in [0.4, 0.5) is 0 Å². The molecule has 0 aliphatic rings. The second-order valence-electron chi connectivity index (χ2n) is 4.67. The van der Waals surface area contributed by atoms with Crippen LogP contribution in [-0.2, 0) is 0 Å². The molecule has 0 rings (SSSR count). The molecule has 0 spiro atoms. The van der Waals surface area contributed by atoms with Gasteiger partial charge in [-0.05, 0) is 12.8 Å². The van der Waals surface area contributed by atoms with E-state index in [0.717, 1.165) is 12.8 Å². The molecule has 0 aromatic rings. The Morgan fingerprint density at radius 1 is 0.889 bits per heavy atom. The molecule has 0 aromatic heterocycles. The van der Waals surface area contributed by atoms with E-state index in [4.69, 9.17) is 17.2 Å². The van der Waals surface area contributed by atoms with Gasteiger partial charge < -0.3 is 17.2 Å². The molecule has 0 fully saturated rings. The van der Waals surface area contributed by atoms with Crippen LogP contribution in [0.1, 0.15) is 65.2 Å². The van der Waals surface area contributed by atoms with Gasteiger partial charge in [0.2, 0.25) is 5.96 Å². The van der Waals surface area contributed by atoms with Gasteiger partial charge >= 0.3 is 0 Å². The summed E-state index contributed by atoms with van der Waals surface area (Å²) in [5.74, 6) is 0.171. The number of hydrogen-bond donors (Lipinski definition) is 3. The third-order valence-electron chi connectivity index (χ3n) is 2.84. The van der Waals surface area contributed by atoms with Crippen molar-refractivity contribution < 1.29 is 0 Å². The van der Waals surface area contributed by atoms with Crippen LogP contribution in [0.25, 0.3) is 0 Å². The SMILES string of the molecule is CCCCCC(CCCCC)N=C(N)N=C(N)N. The molecule has 5 nitrogen and oxygen atoms in total. The summed E-state index contributed by atoms with van der Waals surface area (Å²) in [6, 6.07) is 0.256. The van der Waals surface area contributed by atoms with Gasteiger partial charge in [-0.25, -0.2) is 4.99 Å². The van der Waals surface area contributed by atoms with Gasteiger partial charge in [-0.2, -0.15) is 4.99 Å². The fourth-order valence-corrected chi connectivity index (χ4v) is 1.88. The summed E-state index contributed by atoms with van der Waals surface area (Å²) in [5, 5.41) is 0. The molecule has 0 aromatic carbocycles. The van der Waals surface area contributed by atoms with Crippen molar-refractivity contribution in [3.05, 3.63) is 0 Å². The Kier molecular flexibility index (Phi) is 10.1. The normalized spacial score (nSPS) is 11.8. The predicted octanol–water partition coefficient (Wildman–Crippen LogP) is 2.10. The van der Waals surface area contributed by atoms with Crippen molar-refractivity contribution in [2.24, 2.45) is 27.2 Å². The van der Waals surface area contributed by atoms with E-state index in [0.29, 0.717) is 0 Å². The standard InChI is InChI=1S/C13H29N5/c1-3-5-7-9-11(10-8-6-4-2)17-13(16)18-12(14)15/h11H,3-10H2,1-2H3,(H6,14,15,16,17,18). The maximum atomic E-state index is 5.69. The monoisotopic (exact) mass is 255 g/mol. The molecule has 0 heterocycles. The molecule has 0 bridgehead atoms. The largest absolute Gasteiger partial charge is 0.370 e. The van der Waals surface area contributed by atoms with Crippen LogP contribution in [0, 0.1) is 0 Å². The summed E-state index contributed by atoms with van der Waals surface area (Å²) in [6.07, 6.45) is 9.42. The smallest absolute Gasteiger partial charge is 0.218 e. The van der Waals surface area contributed by atoms with Crippen LogP contribution >= 0.6 is 0 Å². The van der Waals surface area contributed by atoms with Crippen LogP contribution in [0.5, 0.6) is 0 Å². The number of unbranched alkanes of at least 4 members (excludes halogenated alkanes) is 4. The van der Waals surface area contributed by atoms with Gasteiger partial charge in [0.25, 0.3) is 0 Å². The first kappa shape index (κ1) is 16.7. The number of nitrogens with zero attached hydrogens (tertiary/aromatic N) is 2. The van der Waals surface area contributed by atoms with E-state index in [1.54, 1.807) is 0 Å². The molecule has 0 saturated carbocycles. The second kappa shape index (κ2) is 10.9. The van der Waals surface area contributed by atoms with E-state index in [9.17, 15) is 0 Å². The molecule has 0 atom stereocenters. The van der Waals surface area contributed by atoms with Gasteiger partial charge in [0.1, 0.15) is 0 Å². The summed E-state index contributed by atoms with van der Waals surface area (Å²) in [6.45, 7) is 4.40. The summed E-state index contributed by atoms with van der Waals surface area (Å²) in [7, 11) is 0. The lowest BCUT2D eigenvalue weighted by Gasteiger charge is -2.12. The fraction of sp³-hybridized carbons (Fsp3) is 0.846. The van der Waals surface area contributed by atoms with E-state index >= 15 is 0 Å². The van der Waals surface area contributed by atoms with E-state index < -0.39 is 0 Å². The van der Waals surface area contributed by atoms with Crippen LogP contribution in [-0.4, -0.2) is 18.0 Å². The Labute approximate surface area is 111 Å². The van der Waals surface area contributed by atoms with Crippen LogP contribution in [0.3, 0.4) is 0 Å². The summed E-state index contributed by atoms with van der Waals surface area (Å²) in [5.41, 5.74) is 16.2. The number of guanidine groups is 2. The Hall–Kier alpha value is -1.26. The van der Waals surface area contributed by atoms with E-state index in [1.807, 2.05) is 0 Å². The predicted molar refractivity (Wildman–Crippen MR) is 79.5 cm³/mol. The fourth-order valence-electron chi connectivity index (χ4n) is 1.88. The molecule has 0 aliphatic heterocycles. The van der Waals surface area contributed by atoms with Crippen LogP contribution in [0.2, 0.25) is 0 Å². The molecule has 5 heteroatoms. The maximum Gasteiger partial charge on any atom is 0.218 e. The van der Waals surface area contributed by atoms with Crippen molar-refractivity contribution in [3.63, 3.8) is 0 Å². The van der Waals surface area contributed by atoms with Gasteiger partial charge in [-0.15, -0.1) is 0 Å². The maximum absolute atomic E-state index is 5.69. The Bertz CT molecular complexity index is 246. The zero-order valence-electron chi connectivity index (χ0n) is 11.9. The van der Waals surface area contributed by atoms with Gasteiger partial charge in [0.15, 0.2) is 5.96 Å². The van der Waals surface area contributed by atoms with Gasteiger partial charge in [-0.1, -0.05) is 52.4 Å². The number of aliphatic imine (C=N–C) groups is 2. The molecular weight excluding hydrogens is 226 g/mol. The zero-order chi connectivity index (χ0) is 13.8. The topological polar surface area (TPSA) is 103 Å². The molecule has 6 N–H and O–H groups in total. The lowest BCUT2D eigenvalue weighted by Crippen LogP contribution is -2.27. The van der Waals surface area contributed by atoms with Gasteiger partial charge in [0.05, 0.1) is 6.04 Å². The number of rotatable bonds is 9. The average molecular weight is 255 g/mol.